The summed E-state index contributed by atoms with van der Waals surface area (Å²) < 4.78 is 5.72. The predicted octanol–water partition coefficient (Wildman–Crippen LogP) is -1.74. The zero-order valence-electron chi connectivity index (χ0n) is 9.59. The summed E-state index contributed by atoms with van der Waals surface area (Å²) in [6, 6.07) is -0.673. The Labute approximate surface area is 102 Å². The minimum atomic E-state index is -1.15. The minimum absolute atomic E-state index is 0.00467. The molecule has 0 spiro atoms. The average Bonchev–Trinajstić information content (AvgIpc) is 2.96. The highest BCUT2D eigenvalue weighted by Gasteiger charge is 2.36. The highest BCUT2D eigenvalue weighted by atomic mass is 16.5. The summed E-state index contributed by atoms with van der Waals surface area (Å²) in [5, 5.41) is 35.7. The maximum atomic E-state index is 11.2. The van der Waals surface area contributed by atoms with E-state index in [9.17, 15) is 15.0 Å². The van der Waals surface area contributed by atoms with Crippen molar-refractivity contribution in [3.05, 3.63) is 23.5 Å². The first-order valence-electron chi connectivity index (χ1n) is 5.26. The van der Waals surface area contributed by atoms with Crippen LogP contribution in [0.2, 0.25) is 0 Å². The van der Waals surface area contributed by atoms with E-state index in [1.165, 1.54) is 24.1 Å². The molecule has 0 bridgehead atoms. The SMILES string of the molecule is COC(=O)c1cn(C2C=C(CO)C(O)C2O)nn1. The normalized spacial score (nSPS) is 27.1. The van der Waals surface area contributed by atoms with Gasteiger partial charge >= 0.3 is 5.97 Å². The minimum Gasteiger partial charge on any atom is -0.464 e. The van der Waals surface area contributed by atoms with Gasteiger partial charge in [0.05, 0.1) is 19.9 Å². The highest BCUT2D eigenvalue weighted by molar-refractivity contribution is 5.86. The maximum absolute atomic E-state index is 11.2. The van der Waals surface area contributed by atoms with Gasteiger partial charge in [-0.3, -0.25) is 0 Å². The largest absolute Gasteiger partial charge is 0.464 e. The number of hydrogen-bond donors (Lipinski definition) is 3. The Bertz CT molecular complexity index is 484. The quantitative estimate of drug-likeness (QED) is 0.433. The molecule has 3 N–H and O–H groups in total. The fourth-order valence-electron chi connectivity index (χ4n) is 1.82. The predicted molar refractivity (Wildman–Crippen MR) is 57.6 cm³/mol. The molecule has 0 saturated heterocycles. The molecule has 0 radical (unpaired) electrons. The van der Waals surface area contributed by atoms with Gasteiger partial charge in [0.2, 0.25) is 0 Å². The van der Waals surface area contributed by atoms with Crippen molar-refractivity contribution in [3.63, 3.8) is 0 Å². The van der Waals surface area contributed by atoms with Crippen LogP contribution >= 0.6 is 0 Å². The monoisotopic (exact) mass is 255 g/mol. The molecule has 3 unspecified atom stereocenters. The Balaban J connectivity index is 2.25. The molecule has 8 heteroatoms. The summed E-state index contributed by atoms with van der Waals surface area (Å²) in [6.45, 7) is -0.354. The van der Waals surface area contributed by atoms with Crippen LogP contribution in [0.3, 0.4) is 0 Å². The smallest absolute Gasteiger partial charge is 0.360 e. The molecular weight excluding hydrogens is 242 g/mol. The topological polar surface area (TPSA) is 118 Å². The Morgan fingerprint density at radius 3 is 2.83 bits per heavy atom. The lowest BCUT2D eigenvalue weighted by Crippen LogP contribution is -2.30. The molecule has 1 aromatic rings. The Kier molecular flexibility index (Phi) is 3.41. The van der Waals surface area contributed by atoms with Crippen LogP contribution in [0.25, 0.3) is 0 Å². The first kappa shape index (κ1) is 12.7. The molecule has 0 fully saturated rings. The number of carbonyl (C=O) groups excluding carboxylic acids is 1. The molecule has 0 aliphatic heterocycles. The van der Waals surface area contributed by atoms with Crippen LogP contribution in [-0.4, -0.2) is 62.2 Å². The van der Waals surface area contributed by atoms with Crippen molar-refractivity contribution in [2.45, 2.75) is 18.2 Å². The second kappa shape index (κ2) is 4.84. The van der Waals surface area contributed by atoms with Crippen molar-refractivity contribution in [3.8, 4) is 0 Å². The van der Waals surface area contributed by atoms with Gasteiger partial charge in [-0.15, -0.1) is 5.10 Å². The number of methoxy groups -OCH3 is 1. The lowest BCUT2D eigenvalue weighted by molar-refractivity contribution is 0.0253. The second-order valence-corrected chi connectivity index (χ2v) is 3.90. The molecule has 0 saturated carbocycles. The van der Waals surface area contributed by atoms with E-state index in [1.807, 2.05) is 0 Å². The van der Waals surface area contributed by atoms with E-state index in [0.29, 0.717) is 5.57 Å². The van der Waals surface area contributed by atoms with Gasteiger partial charge in [-0.1, -0.05) is 11.3 Å². The zero-order valence-corrected chi connectivity index (χ0v) is 9.59. The number of nitrogens with zero attached hydrogens (tertiary/aromatic N) is 3. The number of carbonyl (C=O) groups is 1. The third-order valence-electron chi connectivity index (χ3n) is 2.83. The zero-order chi connectivity index (χ0) is 13.3. The molecule has 2 rings (SSSR count). The molecule has 8 nitrogen and oxygen atoms in total. The van der Waals surface area contributed by atoms with Gasteiger partial charge < -0.3 is 20.1 Å². The van der Waals surface area contributed by atoms with Gasteiger partial charge in [0.15, 0.2) is 5.69 Å². The number of rotatable bonds is 3. The van der Waals surface area contributed by atoms with Gasteiger partial charge in [-0.25, -0.2) is 9.48 Å². The van der Waals surface area contributed by atoms with Crippen LogP contribution in [0.1, 0.15) is 16.5 Å². The van der Waals surface area contributed by atoms with Crippen molar-refractivity contribution in [2.24, 2.45) is 0 Å². The molecule has 1 aliphatic rings. The number of aliphatic hydroxyl groups excluding tert-OH is 3. The van der Waals surface area contributed by atoms with Gasteiger partial charge in [0.25, 0.3) is 0 Å². The van der Waals surface area contributed by atoms with Crippen LogP contribution < -0.4 is 0 Å². The Hall–Kier alpha value is -1.77. The summed E-state index contributed by atoms with van der Waals surface area (Å²) in [5.41, 5.74) is 0.313. The van der Waals surface area contributed by atoms with Crippen LogP contribution in [-0.2, 0) is 4.74 Å². The first-order valence-corrected chi connectivity index (χ1v) is 5.26. The molecule has 0 aromatic carbocycles. The molecule has 18 heavy (non-hydrogen) atoms. The van der Waals surface area contributed by atoms with E-state index in [0.717, 1.165) is 0 Å². The van der Waals surface area contributed by atoms with E-state index < -0.39 is 24.2 Å². The third kappa shape index (κ3) is 2.01. The number of ether oxygens (including phenoxy) is 1. The molecule has 1 heterocycles. The van der Waals surface area contributed by atoms with E-state index in [1.54, 1.807) is 0 Å². The van der Waals surface area contributed by atoms with E-state index in [4.69, 9.17) is 5.11 Å². The lowest BCUT2D eigenvalue weighted by atomic mass is 10.1. The molecule has 98 valence electrons. The van der Waals surface area contributed by atoms with E-state index >= 15 is 0 Å². The number of aromatic nitrogens is 3. The van der Waals surface area contributed by atoms with E-state index in [-0.39, 0.29) is 12.3 Å². The fraction of sp³-hybridized carbons (Fsp3) is 0.500. The summed E-state index contributed by atoms with van der Waals surface area (Å²) >= 11 is 0. The lowest BCUT2D eigenvalue weighted by Gasteiger charge is -2.16. The van der Waals surface area contributed by atoms with Crippen molar-refractivity contribution in [1.29, 1.82) is 0 Å². The van der Waals surface area contributed by atoms with Crippen molar-refractivity contribution < 1.29 is 24.9 Å². The number of aliphatic hydroxyl groups is 3. The molecule has 0 amide bonds. The fourth-order valence-corrected chi connectivity index (χ4v) is 1.82. The van der Waals surface area contributed by atoms with Crippen LogP contribution in [0.4, 0.5) is 0 Å². The second-order valence-electron chi connectivity index (χ2n) is 3.90. The third-order valence-corrected chi connectivity index (χ3v) is 2.83. The van der Waals surface area contributed by atoms with Crippen molar-refractivity contribution in [2.75, 3.05) is 13.7 Å². The standard InChI is InChI=1S/C10H13N3O5/c1-18-10(17)6-3-13(12-11-6)7-2-5(4-14)8(15)9(7)16/h2-3,7-9,14-16H,4H2,1H3. The van der Waals surface area contributed by atoms with Gasteiger partial charge in [0.1, 0.15) is 18.2 Å². The summed E-state index contributed by atoms with van der Waals surface area (Å²) in [6.07, 6.45) is 0.513. The molecule has 3 atom stereocenters. The Morgan fingerprint density at radius 2 is 2.28 bits per heavy atom. The molecule has 1 aliphatic carbocycles. The maximum Gasteiger partial charge on any atom is 0.360 e. The van der Waals surface area contributed by atoms with Gasteiger partial charge in [0, 0.05) is 0 Å². The summed E-state index contributed by atoms with van der Waals surface area (Å²) in [5.74, 6) is -0.638. The summed E-state index contributed by atoms with van der Waals surface area (Å²) in [7, 11) is 1.22. The van der Waals surface area contributed by atoms with Crippen LogP contribution in [0.5, 0.6) is 0 Å². The highest BCUT2D eigenvalue weighted by Crippen LogP contribution is 2.28. The number of esters is 1. The average molecular weight is 255 g/mol. The molecule has 1 aromatic heterocycles. The number of hydrogen-bond acceptors (Lipinski definition) is 7. The molecular formula is C10H13N3O5. The van der Waals surface area contributed by atoms with E-state index in [2.05, 4.69) is 15.0 Å². The van der Waals surface area contributed by atoms with Crippen LogP contribution in [0, 0.1) is 0 Å². The summed E-state index contributed by atoms with van der Waals surface area (Å²) in [4.78, 5) is 11.2. The van der Waals surface area contributed by atoms with Gasteiger partial charge in [-0.2, -0.15) is 0 Å². The Morgan fingerprint density at radius 1 is 1.56 bits per heavy atom. The van der Waals surface area contributed by atoms with Crippen molar-refractivity contribution >= 4 is 5.97 Å². The first-order chi connectivity index (χ1) is 8.58. The van der Waals surface area contributed by atoms with Gasteiger partial charge in [-0.05, 0) is 5.57 Å². The van der Waals surface area contributed by atoms with Crippen LogP contribution in [0.15, 0.2) is 17.8 Å². The van der Waals surface area contributed by atoms with Crippen molar-refractivity contribution in [1.82, 2.24) is 15.0 Å².